The number of piperidine rings is 1. The third-order valence-electron chi connectivity index (χ3n) is 4.16. The summed E-state index contributed by atoms with van der Waals surface area (Å²) in [7, 11) is 1.71. The van der Waals surface area contributed by atoms with E-state index in [1.165, 1.54) is 0 Å². The molecule has 0 spiro atoms. The van der Waals surface area contributed by atoms with Crippen LogP contribution in [0.4, 0.5) is 0 Å². The molecule has 1 aromatic heterocycles. The normalized spacial score (nSPS) is 22.8. The highest BCUT2D eigenvalue weighted by Gasteiger charge is 2.36. The van der Waals surface area contributed by atoms with Crippen LogP contribution < -0.4 is 5.32 Å². The van der Waals surface area contributed by atoms with Crippen molar-refractivity contribution in [2.24, 2.45) is 0 Å². The molecule has 5 heteroatoms. The maximum absolute atomic E-state index is 11.0. The van der Waals surface area contributed by atoms with Gasteiger partial charge < -0.3 is 19.7 Å². The monoisotopic (exact) mass is 289 g/mol. The molecular weight excluding hydrogens is 266 g/mol. The smallest absolute Gasteiger partial charge is 0.143 e. The molecule has 1 atom stereocenters. The molecule has 0 radical (unpaired) electrons. The van der Waals surface area contributed by atoms with E-state index in [-0.39, 0.29) is 0 Å². The van der Waals surface area contributed by atoms with E-state index in [1.807, 2.05) is 18.2 Å². The summed E-state index contributed by atoms with van der Waals surface area (Å²) in [4.78, 5) is 4.72. The number of nitrogens with zero attached hydrogens (tertiary/aromatic N) is 2. The summed E-state index contributed by atoms with van der Waals surface area (Å²) in [6.45, 7) is 3.06. The zero-order valence-electron chi connectivity index (χ0n) is 12.5. The van der Waals surface area contributed by atoms with Crippen LogP contribution in [0.15, 0.2) is 24.3 Å². The van der Waals surface area contributed by atoms with Crippen LogP contribution in [0.3, 0.4) is 0 Å². The van der Waals surface area contributed by atoms with Gasteiger partial charge in [0.25, 0.3) is 0 Å². The number of aromatic nitrogens is 2. The molecule has 5 nitrogen and oxygen atoms in total. The number of hydrogen-bond acceptors (Lipinski definition) is 4. The number of ether oxygens (including phenoxy) is 1. The van der Waals surface area contributed by atoms with E-state index in [0.717, 1.165) is 49.2 Å². The molecular formula is C16H23N3O2. The predicted molar refractivity (Wildman–Crippen MR) is 82.2 cm³/mol. The first-order valence-electron chi connectivity index (χ1n) is 7.62. The molecule has 0 bridgehead atoms. The molecule has 1 aliphatic heterocycles. The molecule has 1 unspecified atom stereocenters. The highest BCUT2D eigenvalue weighted by Crippen LogP contribution is 2.30. The van der Waals surface area contributed by atoms with Crippen LogP contribution in [0.5, 0.6) is 0 Å². The molecule has 2 N–H and O–H groups in total. The van der Waals surface area contributed by atoms with Gasteiger partial charge in [0.1, 0.15) is 11.4 Å². The first-order valence-corrected chi connectivity index (χ1v) is 7.62. The fraction of sp³-hybridized carbons (Fsp3) is 0.562. The Morgan fingerprint density at radius 2 is 2.29 bits per heavy atom. The molecule has 2 heterocycles. The van der Waals surface area contributed by atoms with Crippen LogP contribution in [0, 0.1) is 0 Å². The van der Waals surface area contributed by atoms with Gasteiger partial charge in [-0.1, -0.05) is 12.1 Å². The first-order chi connectivity index (χ1) is 10.2. The number of rotatable bonds is 5. The summed E-state index contributed by atoms with van der Waals surface area (Å²) in [5.41, 5.74) is 1.16. The Bertz CT molecular complexity index is 603. The van der Waals surface area contributed by atoms with Gasteiger partial charge in [0.15, 0.2) is 0 Å². The van der Waals surface area contributed by atoms with E-state index >= 15 is 0 Å². The number of benzene rings is 1. The minimum absolute atomic E-state index is 0.570. The van der Waals surface area contributed by atoms with Crippen molar-refractivity contribution in [3.8, 4) is 0 Å². The molecule has 0 amide bonds. The van der Waals surface area contributed by atoms with E-state index in [9.17, 15) is 5.11 Å². The van der Waals surface area contributed by atoms with Crippen molar-refractivity contribution in [3.63, 3.8) is 0 Å². The quantitative estimate of drug-likeness (QED) is 0.822. The maximum atomic E-state index is 11.0. The molecule has 0 saturated carbocycles. The van der Waals surface area contributed by atoms with Gasteiger partial charge in [0.05, 0.1) is 11.0 Å². The van der Waals surface area contributed by atoms with Gasteiger partial charge in [-0.05, 0) is 37.9 Å². The van der Waals surface area contributed by atoms with Gasteiger partial charge in [0.2, 0.25) is 0 Å². The molecule has 0 aliphatic carbocycles. The Morgan fingerprint density at radius 1 is 1.43 bits per heavy atom. The van der Waals surface area contributed by atoms with Crippen LogP contribution in [0.2, 0.25) is 0 Å². The van der Waals surface area contributed by atoms with Gasteiger partial charge in [-0.2, -0.15) is 0 Å². The standard InChI is InChI=1S/C16H23N3O2/c1-21-11-5-10-19-14-7-3-2-6-13(14)18-15(19)16(20)8-4-9-17-12-16/h2-3,6-7,17,20H,4-5,8-12H2,1H3. The number of nitrogens with one attached hydrogen (secondary N) is 1. The molecule has 114 valence electrons. The first kappa shape index (κ1) is 14.5. The number of hydrogen-bond donors (Lipinski definition) is 2. The van der Waals surface area contributed by atoms with Crippen molar-refractivity contribution in [2.45, 2.75) is 31.4 Å². The lowest BCUT2D eigenvalue weighted by Crippen LogP contribution is -2.45. The Hall–Kier alpha value is -1.43. The minimum atomic E-state index is -0.871. The Kier molecular flexibility index (Phi) is 4.24. The molecule has 1 saturated heterocycles. The molecule has 21 heavy (non-hydrogen) atoms. The van der Waals surface area contributed by atoms with Gasteiger partial charge >= 0.3 is 0 Å². The molecule has 2 aromatic rings. The van der Waals surface area contributed by atoms with Gasteiger partial charge in [-0.25, -0.2) is 4.98 Å². The molecule has 1 aliphatic rings. The second-order valence-corrected chi connectivity index (χ2v) is 5.73. The molecule has 1 aromatic carbocycles. The number of aliphatic hydroxyl groups is 1. The van der Waals surface area contributed by atoms with Crippen LogP contribution in [-0.2, 0) is 16.9 Å². The summed E-state index contributed by atoms with van der Waals surface area (Å²) in [6.07, 6.45) is 2.64. The number of methoxy groups -OCH3 is 1. The zero-order valence-corrected chi connectivity index (χ0v) is 12.5. The average Bonchev–Trinajstić information content (AvgIpc) is 2.88. The Labute approximate surface area is 124 Å². The topological polar surface area (TPSA) is 59.3 Å². The van der Waals surface area contributed by atoms with Gasteiger partial charge in [-0.3, -0.25) is 0 Å². The number of aryl methyl sites for hydroxylation is 1. The fourth-order valence-corrected chi connectivity index (χ4v) is 3.10. The lowest BCUT2D eigenvalue weighted by molar-refractivity contribution is 0.000865. The summed E-state index contributed by atoms with van der Waals surface area (Å²) >= 11 is 0. The molecule has 1 fully saturated rings. The summed E-state index contributed by atoms with van der Waals surface area (Å²) in [6, 6.07) is 8.08. The number of β-amino-alcohol motifs (C(OH)–C–C–N with tert-alkyl or cyclic N) is 1. The van der Waals surface area contributed by atoms with E-state index in [1.54, 1.807) is 7.11 Å². The van der Waals surface area contributed by atoms with Crippen LogP contribution in [0.1, 0.15) is 25.1 Å². The second kappa shape index (κ2) is 6.13. The average molecular weight is 289 g/mol. The highest BCUT2D eigenvalue weighted by atomic mass is 16.5. The van der Waals surface area contributed by atoms with E-state index in [4.69, 9.17) is 9.72 Å². The molecule has 3 rings (SSSR count). The van der Waals surface area contributed by atoms with E-state index < -0.39 is 5.60 Å². The van der Waals surface area contributed by atoms with Crippen molar-refractivity contribution in [3.05, 3.63) is 30.1 Å². The number of para-hydroxylation sites is 2. The maximum Gasteiger partial charge on any atom is 0.143 e. The Morgan fingerprint density at radius 3 is 3.05 bits per heavy atom. The predicted octanol–water partition coefficient (Wildman–Crippen LogP) is 1.64. The van der Waals surface area contributed by atoms with Crippen LogP contribution in [-0.4, -0.2) is 41.5 Å². The van der Waals surface area contributed by atoms with Crippen molar-refractivity contribution in [2.75, 3.05) is 26.8 Å². The lowest BCUT2D eigenvalue weighted by Gasteiger charge is -2.32. The Balaban J connectivity index is 2.01. The third kappa shape index (κ3) is 2.81. The largest absolute Gasteiger partial charge is 0.385 e. The lowest BCUT2D eigenvalue weighted by atomic mass is 9.93. The summed E-state index contributed by atoms with van der Waals surface area (Å²) in [5, 5.41) is 14.3. The summed E-state index contributed by atoms with van der Waals surface area (Å²) in [5.74, 6) is 0.784. The zero-order chi connectivity index (χ0) is 14.7. The number of fused-ring (bicyclic) bond motifs is 1. The number of imidazole rings is 1. The minimum Gasteiger partial charge on any atom is -0.385 e. The SMILES string of the molecule is COCCCn1c(C2(O)CCCNC2)nc2ccccc21. The van der Waals surface area contributed by atoms with E-state index in [0.29, 0.717) is 13.2 Å². The van der Waals surface area contributed by atoms with Gasteiger partial charge in [0, 0.05) is 26.8 Å². The van der Waals surface area contributed by atoms with Crippen molar-refractivity contribution >= 4 is 11.0 Å². The van der Waals surface area contributed by atoms with Crippen molar-refractivity contribution < 1.29 is 9.84 Å². The van der Waals surface area contributed by atoms with Crippen molar-refractivity contribution in [1.82, 2.24) is 14.9 Å². The van der Waals surface area contributed by atoms with E-state index in [2.05, 4.69) is 16.0 Å². The van der Waals surface area contributed by atoms with Gasteiger partial charge in [-0.15, -0.1) is 0 Å². The summed E-state index contributed by atoms with van der Waals surface area (Å²) < 4.78 is 7.31. The van der Waals surface area contributed by atoms with Crippen LogP contribution >= 0.6 is 0 Å². The van der Waals surface area contributed by atoms with Crippen molar-refractivity contribution in [1.29, 1.82) is 0 Å². The highest BCUT2D eigenvalue weighted by molar-refractivity contribution is 5.76. The second-order valence-electron chi connectivity index (χ2n) is 5.73. The fourth-order valence-electron chi connectivity index (χ4n) is 3.10. The van der Waals surface area contributed by atoms with Crippen LogP contribution in [0.25, 0.3) is 11.0 Å². The third-order valence-corrected chi connectivity index (χ3v) is 4.16.